The third kappa shape index (κ3) is 3.96. The molecule has 1 rings (SSSR count). The molecule has 0 aliphatic rings. The number of rotatable bonds is 6. The molecular formula is C12H19FN2O2S. The Morgan fingerprint density at radius 2 is 1.83 bits per heavy atom. The fourth-order valence-electron chi connectivity index (χ4n) is 1.67. The van der Waals surface area contributed by atoms with E-state index in [2.05, 4.69) is 0 Å². The molecule has 0 aromatic heterocycles. The summed E-state index contributed by atoms with van der Waals surface area (Å²) in [5, 5.41) is 0. The van der Waals surface area contributed by atoms with Crippen molar-refractivity contribution < 1.29 is 12.8 Å². The quantitative estimate of drug-likeness (QED) is 0.799. The van der Waals surface area contributed by atoms with E-state index in [1.165, 1.54) is 6.07 Å². The van der Waals surface area contributed by atoms with E-state index in [-0.39, 0.29) is 16.3 Å². The van der Waals surface area contributed by atoms with Gasteiger partial charge in [-0.3, -0.25) is 0 Å². The number of anilines is 1. The largest absolute Gasteiger partial charge is 0.399 e. The number of halogens is 1. The van der Waals surface area contributed by atoms with Gasteiger partial charge in [0.25, 0.3) is 0 Å². The zero-order chi connectivity index (χ0) is 13.8. The minimum absolute atomic E-state index is 0.0302. The van der Waals surface area contributed by atoms with Crippen LogP contribution in [0.4, 0.5) is 10.1 Å². The average molecular weight is 274 g/mol. The third-order valence-corrected chi connectivity index (χ3v) is 4.50. The van der Waals surface area contributed by atoms with Gasteiger partial charge in [-0.1, -0.05) is 13.8 Å². The molecule has 2 N–H and O–H groups in total. The molecule has 0 heterocycles. The molecular weight excluding hydrogens is 255 g/mol. The Kier molecular flexibility index (Phi) is 5.10. The number of hydrogen-bond acceptors (Lipinski definition) is 4. The van der Waals surface area contributed by atoms with Gasteiger partial charge in [0.05, 0.1) is 10.6 Å². The Balaban J connectivity index is 2.86. The van der Waals surface area contributed by atoms with Crippen LogP contribution in [0.1, 0.15) is 13.8 Å². The van der Waals surface area contributed by atoms with Gasteiger partial charge in [0.15, 0.2) is 9.84 Å². The summed E-state index contributed by atoms with van der Waals surface area (Å²) in [6, 6.07) is 3.40. The van der Waals surface area contributed by atoms with E-state index >= 15 is 0 Å². The number of nitrogens with zero attached hydrogens (tertiary/aromatic N) is 1. The van der Waals surface area contributed by atoms with Crippen molar-refractivity contribution in [3.05, 3.63) is 24.0 Å². The first-order valence-electron chi connectivity index (χ1n) is 5.90. The predicted molar refractivity (Wildman–Crippen MR) is 70.7 cm³/mol. The second kappa shape index (κ2) is 6.15. The Bertz CT molecular complexity index is 479. The Morgan fingerprint density at radius 1 is 1.22 bits per heavy atom. The summed E-state index contributed by atoms with van der Waals surface area (Å²) in [5.74, 6) is -0.659. The van der Waals surface area contributed by atoms with E-state index in [0.717, 1.165) is 25.2 Å². The maximum absolute atomic E-state index is 13.1. The van der Waals surface area contributed by atoms with Gasteiger partial charge in [-0.2, -0.15) is 0 Å². The molecule has 1 aromatic carbocycles. The van der Waals surface area contributed by atoms with E-state index in [0.29, 0.717) is 6.54 Å². The first-order valence-corrected chi connectivity index (χ1v) is 7.55. The summed E-state index contributed by atoms with van der Waals surface area (Å²) >= 11 is 0. The van der Waals surface area contributed by atoms with Crippen molar-refractivity contribution in [1.82, 2.24) is 4.90 Å². The van der Waals surface area contributed by atoms with Gasteiger partial charge in [-0.25, -0.2) is 12.8 Å². The van der Waals surface area contributed by atoms with Crippen molar-refractivity contribution in [2.75, 3.05) is 31.1 Å². The minimum atomic E-state index is -3.48. The van der Waals surface area contributed by atoms with Crippen molar-refractivity contribution in [1.29, 1.82) is 0 Å². The number of sulfone groups is 1. The van der Waals surface area contributed by atoms with Crippen LogP contribution in [0.2, 0.25) is 0 Å². The monoisotopic (exact) mass is 274 g/mol. The highest BCUT2D eigenvalue weighted by Gasteiger charge is 2.17. The first-order chi connectivity index (χ1) is 8.39. The summed E-state index contributed by atoms with van der Waals surface area (Å²) in [4.78, 5) is 1.95. The Labute approximate surface area is 108 Å². The fourth-order valence-corrected chi connectivity index (χ4v) is 3.01. The molecule has 1 aromatic rings. The van der Waals surface area contributed by atoms with Gasteiger partial charge < -0.3 is 10.6 Å². The maximum atomic E-state index is 13.1. The normalized spacial score (nSPS) is 12.0. The SMILES string of the molecule is CCN(CC)CCS(=O)(=O)c1cc(N)cc(F)c1. The molecule has 0 aliphatic heterocycles. The molecule has 0 bridgehead atoms. The number of benzene rings is 1. The fraction of sp³-hybridized carbons (Fsp3) is 0.500. The summed E-state index contributed by atoms with van der Waals surface area (Å²) < 4.78 is 37.2. The Morgan fingerprint density at radius 3 is 2.33 bits per heavy atom. The van der Waals surface area contributed by atoms with E-state index in [1.54, 1.807) is 0 Å². The summed E-state index contributed by atoms with van der Waals surface area (Å²) in [5.41, 5.74) is 5.57. The van der Waals surface area contributed by atoms with E-state index in [4.69, 9.17) is 5.73 Å². The van der Waals surface area contributed by atoms with Gasteiger partial charge in [-0.05, 0) is 31.3 Å². The third-order valence-electron chi connectivity index (χ3n) is 2.82. The van der Waals surface area contributed by atoms with Crippen LogP contribution in [-0.2, 0) is 9.84 Å². The van der Waals surface area contributed by atoms with Crippen LogP contribution >= 0.6 is 0 Å². The lowest BCUT2D eigenvalue weighted by Crippen LogP contribution is -2.29. The van der Waals surface area contributed by atoms with Crippen molar-refractivity contribution in [2.45, 2.75) is 18.7 Å². The van der Waals surface area contributed by atoms with E-state index in [1.807, 2.05) is 18.7 Å². The Hall–Kier alpha value is -1.14. The van der Waals surface area contributed by atoms with Crippen LogP contribution in [0.3, 0.4) is 0 Å². The molecule has 0 unspecified atom stereocenters. The topological polar surface area (TPSA) is 63.4 Å². The zero-order valence-corrected chi connectivity index (χ0v) is 11.5. The molecule has 18 heavy (non-hydrogen) atoms. The van der Waals surface area contributed by atoms with Crippen LogP contribution < -0.4 is 5.73 Å². The van der Waals surface area contributed by atoms with Crippen LogP contribution in [0, 0.1) is 5.82 Å². The lowest BCUT2D eigenvalue weighted by Gasteiger charge is -2.17. The molecule has 0 radical (unpaired) electrons. The summed E-state index contributed by atoms with van der Waals surface area (Å²) in [7, 11) is -3.48. The molecule has 0 amide bonds. The molecule has 0 fully saturated rings. The average Bonchev–Trinajstić information content (AvgIpc) is 2.29. The highest BCUT2D eigenvalue weighted by atomic mass is 32.2. The van der Waals surface area contributed by atoms with Gasteiger partial charge in [-0.15, -0.1) is 0 Å². The van der Waals surface area contributed by atoms with Crippen molar-refractivity contribution in [3.63, 3.8) is 0 Å². The van der Waals surface area contributed by atoms with Crippen LogP contribution in [-0.4, -0.2) is 38.7 Å². The smallest absolute Gasteiger partial charge is 0.179 e. The lowest BCUT2D eigenvalue weighted by atomic mass is 10.3. The van der Waals surface area contributed by atoms with Crippen LogP contribution in [0.15, 0.2) is 23.1 Å². The number of nitrogens with two attached hydrogens (primary N) is 1. The standard InChI is InChI=1S/C12H19FN2O2S/c1-3-15(4-2)5-6-18(16,17)12-8-10(13)7-11(14)9-12/h7-9H,3-6,14H2,1-2H3. The lowest BCUT2D eigenvalue weighted by molar-refractivity contribution is 0.321. The predicted octanol–water partition coefficient (Wildman–Crippen LogP) is 1.52. The van der Waals surface area contributed by atoms with Crippen LogP contribution in [0.25, 0.3) is 0 Å². The molecule has 0 saturated heterocycles. The van der Waals surface area contributed by atoms with Gasteiger partial charge in [0, 0.05) is 12.2 Å². The van der Waals surface area contributed by atoms with Gasteiger partial charge in [0.2, 0.25) is 0 Å². The van der Waals surface area contributed by atoms with Crippen LogP contribution in [0.5, 0.6) is 0 Å². The molecule has 4 nitrogen and oxygen atoms in total. The molecule has 6 heteroatoms. The van der Waals surface area contributed by atoms with Crippen molar-refractivity contribution in [2.24, 2.45) is 0 Å². The highest BCUT2D eigenvalue weighted by molar-refractivity contribution is 7.91. The zero-order valence-electron chi connectivity index (χ0n) is 10.7. The second-order valence-corrected chi connectivity index (χ2v) is 6.18. The molecule has 0 spiro atoms. The van der Waals surface area contributed by atoms with Gasteiger partial charge in [0.1, 0.15) is 5.82 Å². The molecule has 0 aliphatic carbocycles. The minimum Gasteiger partial charge on any atom is -0.399 e. The first kappa shape index (κ1) is 14.9. The molecule has 102 valence electrons. The number of hydrogen-bond donors (Lipinski definition) is 1. The van der Waals surface area contributed by atoms with Crippen molar-refractivity contribution >= 4 is 15.5 Å². The van der Waals surface area contributed by atoms with Crippen molar-refractivity contribution in [3.8, 4) is 0 Å². The number of nitrogen functional groups attached to an aromatic ring is 1. The van der Waals surface area contributed by atoms with Gasteiger partial charge >= 0.3 is 0 Å². The van der Waals surface area contributed by atoms with E-state index in [9.17, 15) is 12.8 Å². The molecule has 0 atom stereocenters. The summed E-state index contributed by atoms with van der Waals surface area (Å²) in [6.45, 7) is 5.95. The second-order valence-electron chi connectivity index (χ2n) is 4.07. The summed E-state index contributed by atoms with van der Waals surface area (Å²) in [6.07, 6.45) is 0. The molecule has 0 saturated carbocycles. The highest BCUT2D eigenvalue weighted by Crippen LogP contribution is 2.17. The van der Waals surface area contributed by atoms with E-state index < -0.39 is 15.7 Å². The maximum Gasteiger partial charge on any atom is 0.179 e.